The minimum atomic E-state index is -2.02. The summed E-state index contributed by atoms with van der Waals surface area (Å²) in [5.74, 6) is -4.68. The first-order valence-corrected chi connectivity index (χ1v) is 20.0. The molecule has 0 amide bonds. The highest BCUT2D eigenvalue weighted by Crippen LogP contribution is 2.48. The number of rotatable bonds is 12. The Hall–Kier alpha value is -5.51. The third-order valence-corrected chi connectivity index (χ3v) is 11.0. The molecule has 3 aromatic carbocycles. The van der Waals surface area contributed by atoms with Crippen LogP contribution in [0.3, 0.4) is 0 Å². The maximum atomic E-state index is 12.6. The highest BCUT2D eigenvalue weighted by atomic mass is 16.7. The van der Waals surface area contributed by atoms with Gasteiger partial charge < -0.3 is 109 Å². The zero-order valence-corrected chi connectivity index (χ0v) is 33.9. The molecular weight excluding hydrogens is 872 g/mol. The van der Waals surface area contributed by atoms with E-state index in [-0.39, 0.29) is 34.1 Å². The van der Waals surface area contributed by atoms with E-state index in [4.69, 9.17) is 37.9 Å². The zero-order valence-electron chi connectivity index (χ0n) is 33.9. The first-order chi connectivity index (χ1) is 30.8. The summed E-state index contributed by atoms with van der Waals surface area (Å²) in [5, 5.41) is 147. The van der Waals surface area contributed by atoms with E-state index in [2.05, 4.69) is 0 Å². The lowest BCUT2D eigenvalue weighted by atomic mass is 9.98. The summed E-state index contributed by atoms with van der Waals surface area (Å²) in [6, 6.07) is 10.0. The van der Waals surface area contributed by atoms with Crippen LogP contribution in [0.4, 0.5) is 0 Å². The molecule has 0 bridgehead atoms. The van der Waals surface area contributed by atoms with E-state index in [1.807, 2.05) is 0 Å². The van der Waals surface area contributed by atoms with Crippen molar-refractivity contribution < 1.29 is 114 Å². The van der Waals surface area contributed by atoms with Gasteiger partial charge in [0.25, 0.3) is 0 Å². The van der Waals surface area contributed by atoms with Gasteiger partial charge in [-0.25, -0.2) is 4.79 Å². The molecule has 4 aliphatic heterocycles. The van der Waals surface area contributed by atoms with Crippen molar-refractivity contribution in [1.29, 1.82) is 0 Å². The van der Waals surface area contributed by atoms with Crippen molar-refractivity contribution in [2.75, 3.05) is 13.2 Å². The van der Waals surface area contributed by atoms with E-state index < -0.39 is 140 Å². The molecule has 7 rings (SSSR count). The van der Waals surface area contributed by atoms with Crippen molar-refractivity contribution in [3.05, 3.63) is 77.1 Å². The summed E-state index contributed by atoms with van der Waals surface area (Å²) in [7, 11) is 0. The van der Waals surface area contributed by atoms with Crippen LogP contribution in [0, 0.1) is 0 Å². The summed E-state index contributed by atoms with van der Waals surface area (Å²) < 4.78 is 46.0. The lowest BCUT2D eigenvalue weighted by molar-refractivity contribution is -0.325. The van der Waals surface area contributed by atoms with Crippen molar-refractivity contribution >= 4 is 18.1 Å². The molecule has 1 unspecified atom stereocenters. The van der Waals surface area contributed by atoms with Crippen LogP contribution in [0.2, 0.25) is 0 Å². The van der Waals surface area contributed by atoms with Crippen molar-refractivity contribution in [2.45, 2.75) is 105 Å². The maximum Gasteiger partial charge on any atom is 0.331 e. The largest absolute Gasteiger partial charge is 0.508 e. The van der Waals surface area contributed by atoms with E-state index in [9.17, 15) is 76.3 Å². The van der Waals surface area contributed by atoms with Crippen molar-refractivity contribution in [3.8, 4) is 40.2 Å². The predicted octanol–water partition coefficient (Wildman–Crippen LogP) is -2.20. The lowest BCUT2D eigenvalue weighted by Gasteiger charge is -2.43. The third-order valence-electron chi connectivity index (χ3n) is 11.0. The normalized spacial score (nSPS) is 34.8. The fraction of sp³-hybridized carbons (Fsp3) is 0.452. The third kappa shape index (κ3) is 10.0. The monoisotopic (exact) mass is 920 g/mol. The molecule has 23 nitrogen and oxygen atoms in total. The summed E-state index contributed by atoms with van der Waals surface area (Å²) >= 11 is 0. The highest BCUT2D eigenvalue weighted by Gasteiger charge is 2.50. The number of aliphatic hydroxyl groups is 9. The van der Waals surface area contributed by atoms with Gasteiger partial charge in [0, 0.05) is 23.8 Å². The number of benzene rings is 3. The molecule has 0 radical (unpaired) electrons. The number of hydrogen-bond donors (Lipinski definition) is 14. The van der Waals surface area contributed by atoms with Gasteiger partial charge in [-0.1, -0.05) is 12.1 Å². The summed E-state index contributed by atoms with van der Waals surface area (Å²) in [5.41, 5.74) is 0.382. The Morgan fingerprint density at radius 2 is 1.28 bits per heavy atom. The number of esters is 1. The summed E-state index contributed by atoms with van der Waals surface area (Å²) in [6.07, 6.45) is -23.5. The predicted molar refractivity (Wildman–Crippen MR) is 212 cm³/mol. The Balaban J connectivity index is 1.10. The van der Waals surface area contributed by atoms with E-state index >= 15 is 0 Å². The molecule has 3 aromatic rings. The number of aliphatic hydroxyl groups excluding tert-OH is 9. The molecule has 0 aromatic heterocycles. The van der Waals surface area contributed by atoms with Gasteiger partial charge in [0.05, 0.1) is 24.9 Å². The number of phenolic OH excluding ortho intramolecular Hbond substituents is 5. The molecule has 4 aliphatic rings. The van der Waals surface area contributed by atoms with Gasteiger partial charge in [-0.15, -0.1) is 0 Å². The minimum absolute atomic E-state index is 0.0203. The second-order valence-electron chi connectivity index (χ2n) is 15.6. The molecule has 3 fully saturated rings. The van der Waals surface area contributed by atoms with Crippen LogP contribution in [0.1, 0.15) is 29.7 Å². The molecule has 0 aliphatic carbocycles. The highest BCUT2D eigenvalue weighted by molar-refractivity contribution is 5.87. The molecule has 23 heteroatoms. The molecule has 3 saturated heterocycles. The molecule has 14 N–H and O–H groups in total. The maximum absolute atomic E-state index is 12.6. The van der Waals surface area contributed by atoms with Gasteiger partial charge in [0.15, 0.2) is 35.7 Å². The summed E-state index contributed by atoms with van der Waals surface area (Å²) in [4.78, 5) is 12.6. The zero-order chi connectivity index (χ0) is 47.0. The summed E-state index contributed by atoms with van der Waals surface area (Å²) in [6.45, 7) is -0.0553. The van der Waals surface area contributed by atoms with Gasteiger partial charge in [-0.2, -0.15) is 0 Å². The van der Waals surface area contributed by atoms with Gasteiger partial charge in [-0.05, 0) is 48.9 Å². The van der Waals surface area contributed by atoms with Gasteiger partial charge in [0.1, 0.15) is 89.8 Å². The smallest absolute Gasteiger partial charge is 0.331 e. The van der Waals surface area contributed by atoms with Crippen LogP contribution >= 0.6 is 0 Å². The quantitative estimate of drug-likeness (QED) is 0.0521. The van der Waals surface area contributed by atoms with E-state index in [0.717, 1.165) is 30.3 Å². The second kappa shape index (κ2) is 19.5. The van der Waals surface area contributed by atoms with E-state index in [1.165, 1.54) is 43.3 Å². The Kier molecular flexibility index (Phi) is 14.3. The van der Waals surface area contributed by atoms with E-state index in [1.54, 1.807) is 0 Å². The Labute approximate surface area is 367 Å². The second-order valence-corrected chi connectivity index (χ2v) is 15.6. The van der Waals surface area contributed by atoms with Gasteiger partial charge in [-0.3, -0.25) is 0 Å². The fourth-order valence-electron chi connectivity index (χ4n) is 7.43. The molecule has 65 heavy (non-hydrogen) atoms. The van der Waals surface area contributed by atoms with Crippen LogP contribution in [-0.4, -0.2) is 183 Å². The van der Waals surface area contributed by atoms with Gasteiger partial charge in [0.2, 0.25) is 12.6 Å². The number of carbonyl (C=O) groups excluding carboxylic acids is 1. The van der Waals surface area contributed by atoms with Crippen molar-refractivity contribution in [1.82, 2.24) is 0 Å². The van der Waals surface area contributed by atoms with Crippen molar-refractivity contribution in [3.63, 3.8) is 0 Å². The topological polar surface area (TPSA) is 374 Å². The van der Waals surface area contributed by atoms with Crippen LogP contribution in [-0.2, 0) is 33.2 Å². The first-order valence-electron chi connectivity index (χ1n) is 20.0. The number of carbonyl (C=O) groups is 1. The molecule has 0 saturated carbocycles. The number of ether oxygens (including phenoxy) is 8. The lowest BCUT2D eigenvalue weighted by Crippen LogP contribution is -2.61. The van der Waals surface area contributed by atoms with Crippen LogP contribution in [0.25, 0.3) is 12.2 Å². The SMILES string of the molecule is C[C@@H]1O[C@@H](OC[C@H]2O[C@@H](OC3=Cc4c(cc(O)cc4O[C@@H]4O[C@H](CO)[C@@H](O)[C@H](O)[C@H]4O)OC3c3cc(O)c(O)c(O)c3)[C@H](O)[C@@H](O)[C@@H]2O)[C@H](O)[C@H](O)[C@H]1OC(=O)/C=C\c1ccc(O)cc1. The van der Waals surface area contributed by atoms with Crippen LogP contribution in [0.15, 0.2) is 60.4 Å². The molecule has 0 spiro atoms. The molecule has 4 heterocycles. The molecule has 16 atom stereocenters. The van der Waals surface area contributed by atoms with Crippen LogP contribution in [0.5, 0.6) is 40.2 Å². The number of hydrogen-bond acceptors (Lipinski definition) is 23. The molecule has 354 valence electrons. The van der Waals surface area contributed by atoms with E-state index in [0.29, 0.717) is 5.56 Å². The number of fused-ring (bicyclic) bond motifs is 1. The number of aromatic hydroxyl groups is 5. The number of phenols is 5. The Morgan fingerprint density at radius 1 is 0.677 bits per heavy atom. The Morgan fingerprint density at radius 3 is 1.92 bits per heavy atom. The standard InChI is InChI=1S/C42H48O23/c1-15-38(65-28(48)7-4-16-2-5-18(44)6-3-16)34(54)37(57)40(59-15)58-14-27-31(51)33(53)36(56)42(64-27)62-25-12-20-23(60-39(25)17-8-21(46)29(49)22(47)9-17)10-19(45)11-24(20)61-41-35(55)32(52)30(50)26(13-43)63-41/h2-12,15,26-27,30-47,49-57H,13-14H2,1H3/b7-4-/t15-,26+,27+,30+,31+,32-,33-,34-,35+,36+,37+,38-,39?,40+,41+,42+/m0/s1. The minimum Gasteiger partial charge on any atom is -0.508 e. The Bertz CT molecular complexity index is 2190. The average Bonchev–Trinajstić information content (AvgIpc) is 3.27. The van der Waals surface area contributed by atoms with Crippen molar-refractivity contribution in [2.24, 2.45) is 0 Å². The molecular formula is C42H48O23. The van der Waals surface area contributed by atoms with Crippen LogP contribution < -0.4 is 9.47 Å². The first kappa shape index (κ1) is 47.5. The van der Waals surface area contributed by atoms with Gasteiger partial charge >= 0.3 is 5.97 Å². The average molecular weight is 921 g/mol. The fourth-order valence-corrected chi connectivity index (χ4v) is 7.43.